The first-order valence-corrected chi connectivity index (χ1v) is 17.0. The van der Waals surface area contributed by atoms with Crippen molar-refractivity contribution in [3.05, 3.63) is 170 Å². The molecule has 0 aliphatic heterocycles. The summed E-state index contributed by atoms with van der Waals surface area (Å²) >= 11 is 0. The van der Waals surface area contributed by atoms with Crippen LogP contribution in [0.25, 0.3) is 99.0 Å². The van der Waals surface area contributed by atoms with Gasteiger partial charge < -0.3 is 4.57 Å². The third kappa shape index (κ3) is 3.93. The van der Waals surface area contributed by atoms with Gasteiger partial charge in [-0.1, -0.05) is 109 Å². The van der Waals surface area contributed by atoms with E-state index < -0.39 is 0 Å². The average Bonchev–Trinajstić information content (AvgIpc) is 3.68. The number of hydrogen-bond acceptors (Lipinski definition) is 2. The van der Waals surface area contributed by atoms with Gasteiger partial charge in [0, 0.05) is 32.8 Å². The van der Waals surface area contributed by atoms with Crippen molar-refractivity contribution in [1.82, 2.24) is 19.1 Å². The molecule has 232 valence electrons. The minimum Gasteiger partial charge on any atom is -0.309 e. The van der Waals surface area contributed by atoms with Gasteiger partial charge in [0.2, 0.25) is 0 Å². The van der Waals surface area contributed by atoms with Crippen molar-refractivity contribution < 1.29 is 0 Å². The topological polar surface area (TPSA) is 35.6 Å². The van der Waals surface area contributed by atoms with E-state index in [1.807, 2.05) is 24.3 Å². The van der Waals surface area contributed by atoms with Gasteiger partial charge in [0.1, 0.15) is 5.69 Å². The molecule has 0 radical (unpaired) electrons. The van der Waals surface area contributed by atoms with Gasteiger partial charge in [-0.15, -0.1) is 0 Å². The molecule has 0 N–H and O–H groups in total. The Kier molecular flexibility index (Phi) is 5.63. The van der Waals surface area contributed by atoms with Crippen molar-refractivity contribution in [2.45, 2.75) is 0 Å². The van der Waals surface area contributed by atoms with Crippen LogP contribution in [-0.2, 0) is 0 Å². The van der Waals surface area contributed by atoms with E-state index >= 15 is 0 Å². The number of aromatic nitrogens is 4. The van der Waals surface area contributed by atoms with E-state index in [2.05, 4.69) is 155 Å². The smallest absolute Gasteiger partial charge is 0.165 e. The van der Waals surface area contributed by atoms with E-state index in [4.69, 9.17) is 9.97 Å². The number of fused-ring (bicyclic) bond motifs is 9. The molecule has 0 saturated carbocycles. The maximum absolute atomic E-state index is 5.35. The van der Waals surface area contributed by atoms with Crippen molar-refractivity contribution in [2.24, 2.45) is 0 Å². The van der Waals surface area contributed by atoms with Crippen molar-refractivity contribution in [3.63, 3.8) is 0 Å². The molecule has 4 nitrogen and oxygen atoms in total. The minimum atomic E-state index is 0.821. The first-order chi connectivity index (χ1) is 24.8. The second kappa shape index (κ2) is 10.4. The second-order valence-corrected chi connectivity index (χ2v) is 13.1. The molecule has 50 heavy (non-hydrogen) atoms. The Morgan fingerprint density at radius 3 is 1.66 bits per heavy atom. The van der Waals surface area contributed by atoms with Crippen molar-refractivity contribution in [2.75, 3.05) is 0 Å². The highest BCUT2D eigenvalue weighted by Crippen LogP contribution is 2.39. The SMILES string of the molecule is c1ccc2cc(-c3nc4ccccc4nc3-n3c4ccccc4c4cc(-n5c6ccccc6c6cc7ccccc7cc65)ccc43)ccc2c1. The van der Waals surface area contributed by atoms with Crippen LogP contribution in [0.1, 0.15) is 0 Å². The molecular weight excluding hydrogens is 609 g/mol. The lowest BCUT2D eigenvalue weighted by molar-refractivity contribution is 1.08. The third-order valence-electron chi connectivity index (χ3n) is 10.2. The Balaban J connectivity index is 1.21. The van der Waals surface area contributed by atoms with Crippen molar-refractivity contribution in [1.29, 1.82) is 0 Å². The highest BCUT2D eigenvalue weighted by atomic mass is 15.1. The lowest BCUT2D eigenvalue weighted by Gasteiger charge is -2.14. The Labute approximate surface area is 287 Å². The van der Waals surface area contributed by atoms with Crippen LogP contribution in [0, 0.1) is 0 Å². The van der Waals surface area contributed by atoms with Crippen LogP contribution in [0.5, 0.6) is 0 Å². The summed E-state index contributed by atoms with van der Waals surface area (Å²) in [6, 6.07) is 60.8. The highest BCUT2D eigenvalue weighted by Gasteiger charge is 2.21. The van der Waals surface area contributed by atoms with Crippen molar-refractivity contribution >= 4 is 76.2 Å². The monoisotopic (exact) mass is 636 g/mol. The molecule has 0 atom stereocenters. The Morgan fingerprint density at radius 2 is 0.900 bits per heavy atom. The predicted molar refractivity (Wildman–Crippen MR) is 209 cm³/mol. The van der Waals surface area contributed by atoms with Gasteiger partial charge in [-0.2, -0.15) is 0 Å². The normalized spacial score (nSPS) is 12.0. The van der Waals surface area contributed by atoms with Gasteiger partial charge in [-0.3, -0.25) is 4.57 Å². The molecule has 0 aliphatic rings. The molecule has 0 unspecified atom stereocenters. The van der Waals surface area contributed by atoms with Crippen molar-refractivity contribution in [3.8, 4) is 22.8 Å². The van der Waals surface area contributed by atoms with Gasteiger partial charge in [-0.25, -0.2) is 9.97 Å². The molecule has 0 fully saturated rings. The number of rotatable bonds is 3. The first kappa shape index (κ1) is 27.2. The summed E-state index contributed by atoms with van der Waals surface area (Å²) in [6.07, 6.45) is 0. The molecule has 8 aromatic carbocycles. The third-order valence-corrected chi connectivity index (χ3v) is 10.2. The lowest BCUT2D eigenvalue weighted by Crippen LogP contribution is -2.04. The molecule has 11 rings (SSSR count). The number of benzene rings is 8. The van der Waals surface area contributed by atoms with Crippen LogP contribution in [-0.4, -0.2) is 19.1 Å². The molecule has 0 aliphatic carbocycles. The Morgan fingerprint density at radius 1 is 0.340 bits per heavy atom. The van der Waals surface area contributed by atoms with Crippen LogP contribution in [0.3, 0.4) is 0 Å². The standard InChI is InChI=1S/C46H28N4/c1-2-12-30-25-33(22-21-29(30)11-1)45-46(48-40-18-8-7-17-39(40)47-45)50-42-20-10-6-16-36(42)38-28-34(23-24-43(38)50)49-41-19-9-5-15-35(41)37-26-31-13-3-4-14-32(31)27-44(37)49/h1-28H. The van der Waals surface area contributed by atoms with E-state index in [1.165, 1.54) is 54.1 Å². The van der Waals surface area contributed by atoms with E-state index in [9.17, 15) is 0 Å². The Bertz CT molecular complexity index is 3160. The van der Waals surface area contributed by atoms with Crippen LogP contribution >= 0.6 is 0 Å². The maximum atomic E-state index is 5.35. The number of para-hydroxylation sites is 4. The summed E-state index contributed by atoms with van der Waals surface area (Å²) in [7, 11) is 0. The summed E-state index contributed by atoms with van der Waals surface area (Å²) < 4.78 is 4.72. The largest absolute Gasteiger partial charge is 0.309 e. The summed E-state index contributed by atoms with van der Waals surface area (Å²) in [5.74, 6) is 0.821. The molecule has 0 bridgehead atoms. The van der Waals surface area contributed by atoms with E-state index in [0.29, 0.717) is 0 Å². The molecule has 3 heterocycles. The van der Waals surface area contributed by atoms with Gasteiger partial charge in [0.15, 0.2) is 5.82 Å². The summed E-state index contributed by atoms with van der Waals surface area (Å²) in [4.78, 5) is 10.6. The highest BCUT2D eigenvalue weighted by molar-refractivity contribution is 6.15. The van der Waals surface area contributed by atoms with E-state index in [-0.39, 0.29) is 0 Å². The first-order valence-electron chi connectivity index (χ1n) is 17.0. The van der Waals surface area contributed by atoms with Gasteiger partial charge in [0.25, 0.3) is 0 Å². The second-order valence-electron chi connectivity index (χ2n) is 13.1. The molecular formula is C46H28N4. The quantitative estimate of drug-likeness (QED) is 0.193. The molecule has 0 spiro atoms. The molecule has 4 heteroatoms. The minimum absolute atomic E-state index is 0.821. The fourth-order valence-corrected chi connectivity index (χ4v) is 7.94. The van der Waals surface area contributed by atoms with E-state index in [0.717, 1.165) is 44.8 Å². The summed E-state index contributed by atoms with van der Waals surface area (Å²) in [5.41, 5.74) is 9.35. The van der Waals surface area contributed by atoms with Gasteiger partial charge >= 0.3 is 0 Å². The maximum Gasteiger partial charge on any atom is 0.165 e. The van der Waals surface area contributed by atoms with Crippen LogP contribution in [0.15, 0.2) is 170 Å². The average molecular weight is 637 g/mol. The molecule has 0 amide bonds. The predicted octanol–water partition coefficient (Wildman–Crippen LogP) is 11.8. The van der Waals surface area contributed by atoms with Crippen LogP contribution in [0.4, 0.5) is 0 Å². The Hall–Kier alpha value is -6.78. The van der Waals surface area contributed by atoms with Crippen LogP contribution < -0.4 is 0 Å². The van der Waals surface area contributed by atoms with Crippen LogP contribution in [0.2, 0.25) is 0 Å². The molecule has 11 aromatic rings. The zero-order valence-corrected chi connectivity index (χ0v) is 27.0. The van der Waals surface area contributed by atoms with E-state index in [1.54, 1.807) is 0 Å². The van der Waals surface area contributed by atoms with Gasteiger partial charge in [0.05, 0.1) is 33.1 Å². The fourth-order valence-electron chi connectivity index (χ4n) is 7.94. The zero-order valence-electron chi connectivity index (χ0n) is 27.0. The number of hydrogen-bond donors (Lipinski definition) is 0. The summed E-state index contributed by atoms with van der Waals surface area (Å²) in [6.45, 7) is 0. The van der Waals surface area contributed by atoms with Gasteiger partial charge in [-0.05, 0) is 82.2 Å². The number of nitrogens with zero attached hydrogens (tertiary/aromatic N) is 4. The fraction of sp³-hybridized carbons (Fsp3) is 0. The molecule has 3 aromatic heterocycles. The lowest BCUT2D eigenvalue weighted by atomic mass is 10.0. The zero-order chi connectivity index (χ0) is 32.8. The summed E-state index contributed by atoms with van der Waals surface area (Å²) in [5, 5.41) is 9.72. The molecule has 0 saturated heterocycles.